The highest BCUT2D eigenvalue weighted by atomic mass is 35.5. The van der Waals surface area contributed by atoms with E-state index in [2.05, 4.69) is 10.6 Å². The number of hydrogen-bond donors (Lipinski definition) is 2. The number of halogens is 1. The third kappa shape index (κ3) is 4.82. The van der Waals surface area contributed by atoms with Crippen LogP contribution in [0.5, 0.6) is 0 Å². The lowest BCUT2D eigenvalue weighted by molar-refractivity contribution is 0.0303. The minimum Gasteiger partial charge on any atom is -0.378 e. The van der Waals surface area contributed by atoms with Crippen molar-refractivity contribution in [2.45, 2.75) is 0 Å². The second-order valence-electron chi connectivity index (χ2n) is 5.84. The van der Waals surface area contributed by atoms with E-state index in [9.17, 15) is 9.59 Å². The Bertz CT molecular complexity index is 869. The topological polar surface area (TPSA) is 70.7 Å². The summed E-state index contributed by atoms with van der Waals surface area (Å²) in [5, 5.41) is 5.93. The summed E-state index contributed by atoms with van der Waals surface area (Å²) in [7, 11) is 0. The van der Waals surface area contributed by atoms with Crippen LogP contribution in [0.2, 0.25) is 5.02 Å². The first-order chi connectivity index (χ1) is 13.1. The van der Waals surface area contributed by atoms with Gasteiger partial charge in [0.25, 0.3) is 11.8 Å². The standard InChI is InChI=1S/C19H18ClN3O3S/c20-15-7-3-1-5-13(15)17(24)22-19(27)21-16-8-4-2-6-14(16)18(25)23-9-11-26-12-10-23/h1-8H,9-12H2,(H2,21,22,24,27). The Morgan fingerprint density at radius 1 is 1.00 bits per heavy atom. The number of morpholine rings is 1. The number of benzene rings is 2. The number of amides is 2. The van der Waals surface area contributed by atoms with Crippen molar-refractivity contribution in [3.05, 3.63) is 64.7 Å². The minimum absolute atomic E-state index is 0.0853. The summed E-state index contributed by atoms with van der Waals surface area (Å²) in [6.45, 7) is 2.13. The fourth-order valence-electron chi connectivity index (χ4n) is 2.68. The molecule has 1 aliphatic heterocycles. The Morgan fingerprint density at radius 2 is 1.63 bits per heavy atom. The number of nitrogens with one attached hydrogen (secondary N) is 2. The zero-order valence-electron chi connectivity index (χ0n) is 14.4. The predicted molar refractivity (Wildman–Crippen MR) is 108 cm³/mol. The predicted octanol–water partition coefficient (Wildman–Crippen LogP) is 2.94. The molecule has 0 unspecified atom stereocenters. The Hall–Kier alpha value is -2.48. The van der Waals surface area contributed by atoms with Crippen molar-refractivity contribution in [2.24, 2.45) is 0 Å². The highest BCUT2D eigenvalue weighted by molar-refractivity contribution is 7.80. The van der Waals surface area contributed by atoms with Crippen molar-refractivity contribution in [2.75, 3.05) is 31.6 Å². The number of thiocarbonyl (C=S) groups is 1. The van der Waals surface area contributed by atoms with Crippen LogP contribution in [-0.4, -0.2) is 48.1 Å². The molecule has 3 rings (SSSR count). The maximum absolute atomic E-state index is 12.8. The fourth-order valence-corrected chi connectivity index (χ4v) is 3.11. The molecule has 2 amide bonds. The van der Waals surface area contributed by atoms with Gasteiger partial charge in [0.15, 0.2) is 5.11 Å². The smallest absolute Gasteiger partial charge is 0.258 e. The van der Waals surface area contributed by atoms with E-state index in [4.69, 9.17) is 28.6 Å². The van der Waals surface area contributed by atoms with Gasteiger partial charge in [-0.05, 0) is 36.5 Å². The average molecular weight is 404 g/mol. The molecular weight excluding hydrogens is 386 g/mol. The van der Waals surface area contributed by atoms with Crippen LogP contribution < -0.4 is 10.6 Å². The summed E-state index contributed by atoms with van der Waals surface area (Å²) >= 11 is 11.3. The Balaban J connectivity index is 1.70. The van der Waals surface area contributed by atoms with E-state index in [1.807, 2.05) is 0 Å². The summed E-state index contributed by atoms with van der Waals surface area (Å²) in [4.78, 5) is 26.8. The van der Waals surface area contributed by atoms with Gasteiger partial charge in [0.2, 0.25) is 0 Å². The van der Waals surface area contributed by atoms with Gasteiger partial charge in [0.1, 0.15) is 0 Å². The van der Waals surface area contributed by atoms with Crippen molar-refractivity contribution < 1.29 is 14.3 Å². The van der Waals surface area contributed by atoms with E-state index >= 15 is 0 Å². The molecule has 0 saturated carbocycles. The van der Waals surface area contributed by atoms with Gasteiger partial charge in [-0.15, -0.1) is 0 Å². The van der Waals surface area contributed by atoms with Gasteiger partial charge in [-0.2, -0.15) is 0 Å². The number of ether oxygens (including phenoxy) is 1. The molecule has 0 spiro atoms. The quantitative estimate of drug-likeness (QED) is 0.771. The number of hydrogen-bond acceptors (Lipinski definition) is 4. The third-order valence-electron chi connectivity index (χ3n) is 4.05. The second kappa shape index (κ2) is 8.94. The van der Waals surface area contributed by atoms with E-state index in [0.717, 1.165) is 0 Å². The fraction of sp³-hybridized carbons (Fsp3) is 0.211. The monoisotopic (exact) mass is 403 g/mol. The molecule has 0 radical (unpaired) electrons. The van der Waals surface area contributed by atoms with Crippen LogP contribution in [0.3, 0.4) is 0 Å². The second-order valence-corrected chi connectivity index (χ2v) is 6.65. The lowest BCUT2D eigenvalue weighted by Crippen LogP contribution is -2.41. The van der Waals surface area contributed by atoms with E-state index in [1.54, 1.807) is 53.4 Å². The Kier molecular flexibility index (Phi) is 6.39. The third-order valence-corrected chi connectivity index (χ3v) is 4.58. The molecule has 0 bridgehead atoms. The molecule has 2 aromatic rings. The maximum Gasteiger partial charge on any atom is 0.258 e. The molecule has 140 valence electrons. The summed E-state index contributed by atoms with van der Waals surface area (Å²) < 4.78 is 5.29. The van der Waals surface area contributed by atoms with Crippen molar-refractivity contribution in [3.8, 4) is 0 Å². The van der Waals surface area contributed by atoms with Crippen molar-refractivity contribution in [1.29, 1.82) is 0 Å². The van der Waals surface area contributed by atoms with Gasteiger partial charge in [0.05, 0.1) is 35.1 Å². The largest absolute Gasteiger partial charge is 0.378 e. The SMILES string of the molecule is O=C(NC(=S)Nc1ccccc1C(=O)N1CCOCC1)c1ccccc1Cl. The zero-order valence-corrected chi connectivity index (χ0v) is 16.0. The van der Waals surface area contributed by atoms with E-state index in [0.29, 0.717) is 48.1 Å². The number of carbonyl (C=O) groups is 2. The van der Waals surface area contributed by atoms with Crippen LogP contribution in [0.1, 0.15) is 20.7 Å². The van der Waals surface area contributed by atoms with E-state index in [-0.39, 0.29) is 11.0 Å². The summed E-state index contributed by atoms with van der Waals surface area (Å²) in [5.74, 6) is -0.531. The summed E-state index contributed by atoms with van der Waals surface area (Å²) in [6, 6.07) is 13.7. The van der Waals surface area contributed by atoms with Crippen LogP contribution in [0, 0.1) is 0 Å². The first-order valence-corrected chi connectivity index (χ1v) is 9.18. The molecular formula is C19H18ClN3O3S. The molecule has 6 nitrogen and oxygen atoms in total. The molecule has 1 saturated heterocycles. The molecule has 0 aliphatic carbocycles. The zero-order chi connectivity index (χ0) is 19.2. The number of carbonyl (C=O) groups excluding carboxylic acids is 2. The summed E-state index contributed by atoms with van der Waals surface area (Å²) in [5.41, 5.74) is 1.33. The molecule has 1 fully saturated rings. The maximum atomic E-state index is 12.8. The Labute approximate surface area is 167 Å². The van der Waals surface area contributed by atoms with E-state index < -0.39 is 5.91 Å². The lowest BCUT2D eigenvalue weighted by atomic mass is 10.1. The molecule has 1 aliphatic rings. The lowest BCUT2D eigenvalue weighted by Gasteiger charge is -2.27. The molecule has 0 aromatic heterocycles. The van der Waals surface area contributed by atoms with Gasteiger partial charge in [-0.25, -0.2) is 0 Å². The molecule has 2 aromatic carbocycles. The summed E-state index contributed by atoms with van der Waals surface area (Å²) in [6.07, 6.45) is 0. The van der Waals surface area contributed by atoms with Crippen molar-refractivity contribution >= 4 is 46.4 Å². The van der Waals surface area contributed by atoms with Crippen LogP contribution >= 0.6 is 23.8 Å². The van der Waals surface area contributed by atoms with Gasteiger partial charge >= 0.3 is 0 Å². The van der Waals surface area contributed by atoms with Gasteiger partial charge < -0.3 is 15.0 Å². The first-order valence-electron chi connectivity index (χ1n) is 8.39. The first kappa shape index (κ1) is 19.3. The van der Waals surface area contributed by atoms with E-state index in [1.165, 1.54) is 0 Å². The number of nitrogens with zero attached hydrogens (tertiary/aromatic N) is 1. The minimum atomic E-state index is -0.421. The van der Waals surface area contributed by atoms with Gasteiger partial charge in [-0.3, -0.25) is 14.9 Å². The normalized spacial score (nSPS) is 13.7. The van der Waals surface area contributed by atoms with Gasteiger partial charge in [0, 0.05) is 13.1 Å². The highest BCUT2D eigenvalue weighted by Crippen LogP contribution is 2.19. The molecule has 1 heterocycles. The molecule has 2 N–H and O–H groups in total. The Morgan fingerprint density at radius 3 is 2.33 bits per heavy atom. The molecule has 0 atom stereocenters. The van der Waals surface area contributed by atoms with Crippen LogP contribution in [-0.2, 0) is 4.74 Å². The molecule has 27 heavy (non-hydrogen) atoms. The highest BCUT2D eigenvalue weighted by Gasteiger charge is 2.21. The van der Waals surface area contributed by atoms with Gasteiger partial charge in [-0.1, -0.05) is 35.9 Å². The average Bonchev–Trinajstić information content (AvgIpc) is 2.68. The van der Waals surface area contributed by atoms with Crippen LogP contribution in [0.25, 0.3) is 0 Å². The van der Waals surface area contributed by atoms with Crippen molar-refractivity contribution in [3.63, 3.8) is 0 Å². The van der Waals surface area contributed by atoms with Crippen molar-refractivity contribution in [1.82, 2.24) is 10.2 Å². The number of rotatable bonds is 3. The number of para-hydroxylation sites is 1. The van der Waals surface area contributed by atoms with Crippen LogP contribution in [0.4, 0.5) is 5.69 Å². The number of anilines is 1. The molecule has 8 heteroatoms. The van der Waals surface area contributed by atoms with Crippen LogP contribution in [0.15, 0.2) is 48.5 Å².